The van der Waals surface area contributed by atoms with Crippen LogP contribution in [0.15, 0.2) is 24.5 Å². The molecule has 1 aromatic heterocycles. The van der Waals surface area contributed by atoms with Crippen LogP contribution in [0, 0.1) is 0 Å². The summed E-state index contributed by atoms with van der Waals surface area (Å²) in [5.41, 5.74) is 1.90. The Labute approximate surface area is 119 Å². The van der Waals surface area contributed by atoms with E-state index in [1.807, 2.05) is 6.07 Å². The molecule has 5 nitrogen and oxygen atoms in total. The molecule has 0 atom stereocenters. The third kappa shape index (κ3) is 3.91. The molecule has 0 aliphatic carbocycles. The number of ether oxygens (including phenoxy) is 2. The molecule has 0 aliphatic rings. The van der Waals surface area contributed by atoms with Gasteiger partial charge in [-0.05, 0) is 18.2 Å². The predicted molar refractivity (Wildman–Crippen MR) is 80.5 cm³/mol. The number of aromatic amines is 1. The van der Waals surface area contributed by atoms with Gasteiger partial charge in [0.25, 0.3) is 0 Å². The Bertz CT molecular complexity index is 589. The van der Waals surface area contributed by atoms with Crippen molar-refractivity contribution >= 4 is 25.1 Å². The number of para-hydroxylation sites is 1. The van der Waals surface area contributed by atoms with Gasteiger partial charge in [0.2, 0.25) is 0 Å². The molecule has 0 unspecified atom stereocenters. The lowest BCUT2D eigenvalue weighted by Crippen LogP contribution is -2.22. The summed E-state index contributed by atoms with van der Waals surface area (Å²) in [5, 5.41) is 0. The molecular formula is C14H20N2O3Si. The van der Waals surface area contributed by atoms with Crippen LogP contribution in [0.1, 0.15) is 10.4 Å². The molecule has 108 valence electrons. The van der Waals surface area contributed by atoms with Gasteiger partial charge in [0.15, 0.2) is 6.79 Å². The summed E-state index contributed by atoms with van der Waals surface area (Å²) in [4.78, 5) is 19.1. The van der Waals surface area contributed by atoms with Crippen LogP contribution in [0.2, 0.25) is 25.7 Å². The normalized spacial score (nSPS) is 11.8. The number of hydrogen-bond donors (Lipinski definition) is 1. The number of hydrogen-bond acceptors (Lipinski definition) is 4. The number of fused-ring (bicyclic) bond motifs is 1. The fourth-order valence-electron chi connectivity index (χ4n) is 1.74. The smallest absolute Gasteiger partial charge is 0.342 e. The van der Waals surface area contributed by atoms with Crippen LogP contribution < -0.4 is 0 Å². The minimum Gasteiger partial charge on any atom is -0.435 e. The second kappa shape index (κ2) is 6.19. The number of carbonyl (C=O) groups is 1. The molecule has 20 heavy (non-hydrogen) atoms. The average molecular weight is 292 g/mol. The van der Waals surface area contributed by atoms with Crippen LogP contribution in [0.25, 0.3) is 11.0 Å². The molecular weight excluding hydrogens is 272 g/mol. The van der Waals surface area contributed by atoms with Crippen LogP contribution in [0.4, 0.5) is 0 Å². The van der Waals surface area contributed by atoms with Gasteiger partial charge in [0.05, 0.1) is 17.4 Å². The van der Waals surface area contributed by atoms with Crippen molar-refractivity contribution in [3.63, 3.8) is 0 Å². The second-order valence-electron chi connectivity index (χ2n) is 5.87. The van der Waals surface area contributed by atoms with E-state index in [1.165, 1.54) is 0 Å². The van der Waals surface area contributed by atoms with Crippen molar-refractivity contribution in [3.8, 4) is 0 Å². The zero-order chi connectivity index (χ0) is 14.6. The van der Waals surface area contributed by atoms with Gasteiger partial charge in [0, 0.05) is 14.7 Å². The number of aromatic nitrogens is 2. The summed E-state index contributed by atoms with van der Waals surface area (Å²) in [6.45, 7) is 7.46. The first-order chi connectivity index (χ1) is 9.47. The first-order valence-electron chi connectivity index (χ1n) is 6.64. The number of rotatable bonds is 6. The van der Waals surface area contributed by atoms with Gasteiger partial charge in [-0.3, -0.25) is 0 Å². The Balaban J connectivity index is 1.85. The number of imidazole rings is 1. The second-order valence-corrected chi connectivity index (χ2v) is 11.5. The van der Waals surface area contributed by atoms with Gasteiger partial charge >= 0.3 is 5.97 Å². The number of carbonyl (C=O) groups excluding carboxylic acids is 1. The molecule has 0 bridgehead atoms. The fraction of sp³-hybridized carbons (Fsp3) is 0.429. The molecule has 0 spiro atoms. The van der Waals surface area contributed by atoms with E-state index < -0.39 is 14.0 Å². The number of benzene rings is 1. The molecule has 0 saturated heterocycles. The highest BCUT2D eigenvalue weighted by atomic mass is 28.3. The minimum absolute atomic E-state index is 0.00980. The molecule has 0 fully saturated rings. The lowest BCUT2D eigenvalue weighted by molar-refractivity contribution is -0.0274. The number of nitrogens with one attached hydrogen (secondary N) is 1. The van der Waals surface area contributed by atoms with Crippen LogP contribution in [-0.2, 0) is 9.47 Å². The molecule has 1 aromatic carbocycles. The number of H-pyrrole nitrogens is 1. The zero-order valence-electron chi connectivity index (χ0n) is 12.1. The molecule has 2 aromatic rings. The van der Waals surface area contributed by atoms with Crippen molar-refractivity contribution in [2.75, 3.05) is 13.4 Å². The first kappa shape index (κ1) is 14.7. The molecule has 6 heteroatoms. The quantitative estimate of drug-likeness (QED) is 0.385. The number of nitrogens with zero attached hydrogens (tertiary/aromatic N) is 1. The van der Waals surface area contributed by atoms with E-state index in [0.717, 1.165) is 11.6 Å². The van der Waals surface area contributed by atoms with Gasteiger partial charge in [0.1, 0.15) is 5.52 Å². The molecule has 2 rings (SSSR count). The summed E-state index contributed by atoms with van der Waals surface area (Å²) in [7, 11) is -1.11. The Morgan fingerprint density at radius 3 is 2.90 bits per heavy atom. The summed E-state index contributed by atoms with van der Waals surface area (Å²) in [5.74, 6) is -0.407. The summed E-state index contributed by atoms with van der Waals surface area (Å²) in [6.07, 6.45) is 1.56. The van der Waals surface area contributed by atoms with E-state index in [2.05, 4.69) is 29.6 Å². The lowest BCUT2D eigenvalue weighted by atomic mass is 10.2. The fourth-order valence-corrected chi connectivity index (χ4v) is 2.50. The molecule has 0 aliphatic heterocycles. The van der Waals surface area contributed by atoms with Gasteiger partial charge in [-0.15, -0.1) is 0 Å². The van der Waals surface area contributed by atoms with E-state index in [-0.39, 0.29) is 6.79 Å². The maximum absolute atomic E-state index is 12.0. The van der Waals surface area contributed by atoms with Gasteiger partial charge in [-0.2, -0.15) is 0 Å². The third-order valence-electron chi connectivity index (χ3n) is 2.94. The molecule has 0 radical (unpaired) electrons. The minimum atomic E-state index is -1.11. The van der Waals surface area contributed by atoms with Crippen molar-refractivity contribution in [1.29, 1.82) is 0 Å². The van der Waals surface area contributed by atoms with Gasteiger partial charge in [-0.1, -0.05) is 25.7 Å². The van der Waals surface area contributed by atoms with E-state index in [0.29, 0.717) is 17.7 Å². The van der Waals surface area contributed by atoms with Gasteiger partial charge in [-0.25, -0.2) is 9.78 Å². The largest absolute Gasteiger partial charge is 0.435 e. The van der Waals surface area contributed by atoms with E-state index in [1.54, 1.807) is 18.5 Å². The third-order valence-corrected chi connectivity index (χ3v) is 4.64. The summed E-state index contributed by atoms with van der Waals surface area (Å²) < 4.78 is 10.5. The Morgan fingerprint density at radius 2 is 2.15 bits per heavy atom. The Kier molecular flexibility index (Phi) is 4.56. The molecule has 1 heterocycles. The van der Waals surface area contributed by atoms with Crippen LogP contribution in [0.5, 0.6) is 0 Å². The van der Waals surface area contributed by atoms with Crippen LogP contribution in [-0.4, -0.2) is 37.4 Å². The van der Waals surface area contributed by atoms with Crippen molar-refractivity contribution in [2.24, 2.45) is 0 Å². The molecule has 1 N–H and O–H groups in total. The Hall–Kier alpha value is -1.66. The Morgan fingerprint density at radius 1 is 1.35 bits per heavy atom. The topological polar surface area (TPSA) is 64.2 Å². The zero-order valence-corrected chi connectivity index (χ0v) is 13.1. The molecule has 0 saturated carbocycles. The standard InChI is InChI=1S/C14H20N2O3Si/c1-20(2,3)8-7-18-10-19-14(17)11-5-4-6-12-13(11)16-9-15-12/h4-6,9H,7-8,10H2,1-3H3,(H,15,16). The van der Waals surface area contributed by atoms with Crippen molar-refractivity contribution in [3.05, 3.63) is 30.1 Å². The number of esters is 1. The SMILES string of the molecule is C[Si](C)(C)CCOCOC(=O)c1cccc2[nH]cnc12. The highest BCUT2D eigenvalue weighted by molar-refractivity contribution is 6.76. The van der Waals surface area contributed by atoms with Crippen molar-refractivity contribution < 1.29 is 14.3 Å². The highest BCUT2D eigenvalue weighted by Crippen LogP contribution is 2.15. The van der Waals surface area contributed by atoms with E-state index >= 15 is 0 Å². The van der Waals surface area contributed by atoms with Crippen molar-refractivity contribution in [1.82, 2.24) is 9.97 Å². The summed E-state index contributed by atoms with van der Waals surface area (Å²) >= 11 is 0. The van der Waals surface area contributed by atoms with Crippen LogP contribution in [0.3, 0.4) is 0 Å². The maximum atomic E-state index is 12.0. The van der Waals surface area contributed by atoms with E-state index in [9.17, 15) is 4.79 Å². The van der Waals surface area contributed by atoms with Crippen LogP contribution >= 0.6 is 0 Å². The lowest BCUT2D eigenvalue weighted by Gasteiger charge is -2.15. The predicted octanol–water partition coefficient (Wildman–Crippen LogP) is 3.03. The molecule has 0 amide bonds. The highest BCUT2D eigenvalue weighted by Gasteiger charge is 2.14. The maximum Gasteiger partial charge on any atom is 0.342 e. The van der Waals surface area contributed by atoms with Gasteiger partial charge < -0.3 is 14.5 Å². The summed E-state index contributed by atoms with van der Waals surface area (Å²) in [6, 6.07) is 6.42. The van der Waals surface area contributed by atoms with Crippen molar-refractivity contribution in [2.45, 2.75) is 25.7 Å². The van der Waals surface area contributed by atoms with E-state index in [4.69, 9.17) is 9.47 Å². The monoisotopic (exact) mass is 292 g/mol. The average Bonchev–Trinajstić information content (AvgIpc) is 2.84. The first-order valence-corrected chi connectivity index (χ1v) is 10.3.